The van der Waals surface area contributed by atoms with E-state index >= 15 is 0 Å². The van der Waals surface area contributed by atoms with Crippen molar-refractivity contribution in [3.05, 3.63) is 58.4 Å². The fourth-order valence-corrected chi connectivity index (χ4v) is 2.76. The molecule has 0 bridgehead atoms. The van der Waals surface area contributed by atoms with Crippen LogP contribution >= 0.6 is 11.6 Å². The van der Waals surface area contributed by atoms with Gasteiger partial charge in [-0.25, -0.2) is 14.4 Å². The Hall–Kier alpha value is -2.54. The predicted molar refractivity (Wildman–Crippen MR) is 80.6 cm³/mol. The summed E-state index contributed by atoms with van der Waals surface area (Å²) in [5.74, 6) is -2.03. The minimum Gasteiger partial charge on any atom is -0.364 e. The van der Waals surface area contributed by atoms with Gasteiger partial charge in [-0.2, -0.15) is 0 Å². The van der Waals surface area contributed by atoms with Gasteiger partial charge < -0.3 is 11.1 Å². The quantitative estimate of drug-likeness (QED) is 0.888. The van der Waals surface area contributed by atoms with E-state index in [1.165, 1.54) is 24.5 Å². The van der Waals surface area contributed by atoms with E-state index in [1.54, 1.807) is 6.07 Å². The number of rotatable bonds is 4. The zero-order chi connectivity index (χ0) is 16.6. The van der Waals surface area contributed by atoms with Gasteiger partial charge in [0.05, 0.1) is 0 Å². The van der Waals surface area contributed by atoms with Crippen LogP contribution in [0.5, 0.6) is 0 Å². The number of aromatic nitrogens is 2. The molecule has 0 saturated heterocycles. The van der Waals surface area contributed by atoms with Crippen LogP contribution in [0.15, 0.2) is 30.6 Å². The van der Waals surface area contributed by atoms with E-state index in [0.29, 0.717) is 17.0 Å². The molecule has 1 aliphatic rings. The van der Waals surface area contributed by atoms with Crippen LogP contribution < -0.4 is 11.1 Å². The van der Waals surface area contributed by atoms with Gasteiger partial charge >= 0.3 is 0 Å². The summed E-state index contributed by atoms with van der Waals surface area (Å²) in [5.41, 5.74) is 5.20. The highest BCUT2D eigenvalue weighted by molar-refractivity contribution is 6.31. The van der Waals surface area contributed by atoms with Crippen molar-refractivity contribution < 1.29 is 14.0 Å². The van der Waals surface area contributed by atoms with E-state index in [2.05, 4.69) is 15.3 Å². The van der Waals surface area contributed by atoms with Gasteiger partial charge in [0.1, 0.15) is 5.82 Å². The number of nitrogens with one attached hydrogen (secondary N) is 1. The molecular weight excluding hydrogens is 323 g/mol. The van der Waals surface area contributed by atoms with E-state index in [9.17, 15) is 14.0 Å². The summed E-state index contributed by atoms with van der Waals surface area (Å²) in [6.07, 6.45) is 3.12. The van der Waals surface area contributed by atoms with Gasteiger partial charge in [0.15, 0.2) is 11.4 Å². The molecule has 2 aromatic rings. The summed E-state index contributed by atoms with van der Waals surface area (Å²) in [5, 5.41) is 3.02. The first-order chi connectivity index (χ1) is 11.0. The molecule has 3 N–H and O–H groups in total. The molecule has 1 aliphatic carbocycles. The highest BCUT2D eigenvalue weighted by Crippen LogP contribution is 2.44. The number of primary amides is 1. The van der Waals surface area contributed by atoms with Crippen molar-refractivity contribution in [2.45, 2.75) is 18.4 Å². The van der Waals surface area contributed by atoms with Gasteiger partial charge in [0.25, 0.3) is 11.8 Å². The lowest BCUT2D eigenvalue weighted by atomic mass is 10.1. The molecule has 2 amide bonds. The highest BCUT2D eigenvalue weighted by atomic mass is 35.5. The van der Waals surface area contributed by atoms with Crippen molar-refractivity contribution in [3.63, 3.8) is 0 Å². The van der Waals surface area contributed by atoms with Crippen LogP contribution in [0.25, 0.3) is 0 Å². The fraction of sp³-hybridized carbons (Fsp3) is 0.200. The van der Waals surface area contributed by atoms with Crippen molar-refractivity contribution in [1.29, 1.82) is 0 Å². The van der Waals surface area contributed by atoms with Gasteiger partial charge in [-0.15, -0.1) is 0 Å². The molecule has 3 rings (SSSR count). The van der Waals surface area contributed by atoms with Crippen molar-refractivity contribution in [1.82, 2.24) is 15.3 Å². The third-order valence-electron chi connectivity index (χ3n) is 3.62. The number of nitrogens with two attached hydrogens (primary N) is 1. The number of nitrogens with zero attached hydrogens (tertiary/aromatic N) is 2. The van der Waals surface area contributed by atoms with Crippen molar-refractivity contribution in [2.75, 3.05) is 0 Å². The van der Waals surface area contributed by atoms with Gasteiger partial charge in [-0.1, -0.05) is 17.7 Å². The maximum atomic E-state index is 13.9. The Morgan fingerprint density at radius 1 is 1.26 bits per heavy atom. The first kappa shape index (κ1) is 15.4. The predicted octanol–water partition coefficient (Wildman–Crippen LogP) is 1.65. The Balaban J connectivity index is 1.75. The molecule has 0 spiro atoms. The van der Waals surface area contributed by atoms with Crippen LogP contribution in [0.1, 0.15) is 38.9 Å². The molecule has 0 unspecified atom stereocenters. The maximum Gasteiger partial charge on any atom is 0.272 e. The smallest absolute Gasteiger partial charge is 0.272 e. The molecule has 1 aromatic carbocycles. The van der Waals surface area contributed by atoms with Crippen LogP contribution in [0.3, 0.4) is 0 Å². The number of amides is 2. The molecule has 23 heavy (non-hydrogen) atoms. The number of halogens is 2. The molecule has 1 heterocycles. The van der Waals surface area contributed by atoms with Gasteiger partial charge in [-0.05, 0) is 18.6 Å². The largest absolute Gasteiger partial charge is 0.364 e. The molecule has 8 heteroatoms. The zero-order valence-electron chi connectivity index (χ0n) is 11.8. The standard InChI is InChI=1S/C15H12ClFN4O2/c16-8-2-1-3-9(17)11(8)7-6-10(7)21-15(23)13-12(14(18)22)19-4-5-20-13/h1-5,7,10H,6H2,(H2,18,22)(H,21,23)/t7-,10+/m1/s1. The minimum absolute atomic E-state index is 0.148. The lowest BCUT2D eigenvalue weighted by Crippen LogP contribution is -2.31. The monoisotopic (exact) mass is 334 g/mol. The normalized spacial score (nSPS) is 19.2. The number of carbonyl (C=O) groups excluding carboxylic acids is 2. The molecule has 1 aromatic heterocycles. The summed E-state index contributed by atoms with van der Waals surface area (Å²) in [7, 11) is 0. The van der Waals surface area contributed by atoms with E-state index in [1.807, 2.05) is 0 Å². The average Bonchev–Trinajstić information content (AvgIpc) is 3.25. The van der Waals surface area contributed by atoms with Gasteiger partial charge in [0.2, 0.25) is 0 Å². The molecule has 1 fully saturated rings. The lowest BCUT2D eigenvalue weighted by Gasteiger charge is -2.08. The van der Waals surface area contributed by atoms with Crippen molar-refractivity contribution in [3.8, 4) is 0 Å². The average molecular weight is 335 g/mol. The summed E-state index contributed by atoms with van der Waals surface area (Å²) in [4.78, 5) is 31.1. The van der Waals surface area contributed by atoms with Crippen molar-refractivity contribution in [2.24, 2.45) is 5.73 Å². The topological polar surface area (TPSA) is 98.0 Å². The Kier molecular flexibility index (Phi) is 3.96. The summed E-state index contributed by atoms with van der Waals surface area (Å²) in [6.45, 7) is 0. The highest BCUT2D eigenvalue weighted by Gasteiger charge is 2.42. The van der Waals surface area contributed by atoms with Crippen LogP contribution in [0.4, 0.5) is 4.39 Å². The Morgan fingerprint density at radius 2 is 1.96 bits per heavy atom. The van der Waals surface area contributed by atoms with Gasteiger partial charge in [0, 0.05) is 34.9 Å². The molecule has 6 nitrogen and oxygen atoms in total. The lowest BCUT2D eigenvalue weighted by molar-refractivity contribution is 0.0925. The Bertz CT molecular complexity index is 779. The molecule has 1 saturated carbocycles. The number of hydrogen-bond acceptors (Lipinski definition) is 4. The fourth-order valence-electron chi connectivity index (χ4n) is 2.46. The van der Waals surface area contributed by atoms with Crippen LogP contribution in [-0.2, 0) is 0 Å². The molecule has 0 aliphatic heterocycles. The summed E-state index contributed by atoms with van der Waals surface area (Å²) >= 11 is 6.01. The maximum absolute atomic E-state index is 13.9. The van der Waals surface area contributed by atoms with E-state index < -0.39 is 17.6 Å². The first-order valence-corrected chi connectivity index (χ1v) is 7.22. The number of hydrogen-bond donors (Lipinski definition) is 2. The molecule has 2 atom stereocenters. The minimum atomic E-state index is -0.840. The van der Waals surface area contributed by atoms with E-state index in [0.717, 1.165) is 0 Å². The van der Waals surface area contributed by atoms with Crippen LogP contribution in [0, 0.1) is 5.82 Å². The van der Waals surface area contributed by atoms with Gasteiger partial charge in [-0.3, -0.25) is 9.59 Å². The number of carbonyl (C=O) groups is 2. The third kappa shape index (κ3) is 3.00. The van der Waals surface area contributed by atoms with E-state index in [-0.39, 0.29) is 23.3 Å². The first-order valence-electron chi connectivity index (χ1n) is 6.84. The second kappa shape index (κ2) is 5.92. The number of benzene rings is 1. The van der Waals surface area contributed by atoms with Crippen LogP contribution in [0.2, 0.25) is 5.02 Å². The second-order valence-corrected chi connectivity index (χ2v) is 5.58. The van der Waals surface area contributed by atoms with Crippen molar-refractivity contribution >= 4 is 23.4 Å². The Labute approximate surface area is 135 Å². The zero-order valence-corrected chi connectivity index (χ0v) is 12.5. The summed E-state index contributed by atoms with van der Waals surface area (Å²) in [6, 6.07) is 4.17. The second-order valence-electron chi connectivity index (χ2n) is 5.18. The third-order valence-corrected chi connectivity index (χ3v) is 3.95. The Morgan fingerprint density at radius 3 is 2.61 bits per heavy atom. The molecular formula is C15H12ClFN4O2. The van der Waals surface area contributed by atoms with Crippen LogP contribution in [-0.4, -0.2) is 27.8 Å². The molecule has 118 valence electrons. The molecule has 0 radical (unpaired) electrons. The SMILES string of the molecule is NC(=O)c1nccnc1C(=O)N[C@H]1C[C@H]1c1c(F)cccc1Cl. The van der Waals surface area contributed by atoms with E-state index in [4.69, 9.17) is 17.3 Å². The summed E-state index contributed by atoms with van der Waals surface area (Å²) < 4.78 is 13.9.